The van der Waals surface area contributed by atoms with Crippen LogP contribution in [-0.2, 0) is 14.3 Å². The predicted octanol–water partition coefficient (Wildman–Crippen LogP) is 3.29. The molecule has 0 saturated carbocycles. The van der Waals surface area contributed by atoms with Crippen LogP contribution in [0.25, 0.3) is 0 Å². The van der Waals surface area contributed by atoms with Crippen LogP contribution in [0.5, 0.6) is 0 Å². The third-order valence-corrected chi connectivity index (χ3v) is 4.74. The Balaban J connectivity index is 2.15. The number of ether oxygens (including phenoxy) is 2. The van der Waals surface area contributed by atoms with Crippen LogP contribution in [0.1, 0.15) is 61.0 Å². The Bertz CT molecular complexity index is 809. The second-order valence-corrected chi connectivity index (χ2v) is 7.00. The number of nitrogens with zero attached hydrogens (tertiary/aromatic N) is 2. The highest BCUT2D eigenvalue weighted by molar-refractivity contribution is 5.87. The average molecular weight is 342 g/mol. The molecule has 132 valence electrons. The molecule has 1 aliphatic carbocycles. The van der Waals surface area contributed by atoms with Crippen molar-refractivity contribution in [3.8, 4) is 0 Å². The summed E-state index contributed by atoms with van der Waals surface area (Å²) in [4.78, 5) is 27.8. The fraction of sp³-hybridized carbons (Fsp3) is 0.421. The zero-order chi connectivity index (χ0) is 18.2. The first-order valence-electron chi connectivity index (χ1n) is 8.21. The SMILES string of the molecule is COC(=O)c1cncn1C1c2ccccc2C(OC(C)=O)CC1(C)C. The molecule has 0 amide bonds. The fourth-order valence-electron chi connectivity index (χ4n) is 3.78. The van der Waals surface area contributed by atoms with E-state index in [2.05, 4.69) is 18.8 Å². The highest BCUT2D eigenvalue weighted by atomic mass is 16.5. The second kappa shape index (κ2) is 6.35. The van der Waals surface area contributed by atoms with E-state index in [9.17, 15) is 9.59 Å². The maximum atomic E-state index is 12.1. The molecule has 0 N–H and O–H groups in total. The lowest BCUT2D eigenvalue weighted by Crippen LogP contribution is -2.37. The quantitative estimate of drug-likeness (QED) is 0.801. The molecule has 2 atom stereocenters. The van der Waals surface area contributed by atoms with Gasteiger partial charge in [0.2, 0.25) is 0 Å². The number of fused-ring (bicyclic) bond motifs is 1. The lowest BCUT2D eigenvalue weighted by Gasteiger charge is -2.44. The summed E-state index contributed by atoms with van der Waals surface area (Å²) in [7, 11) is 1.36. The highest BCUT2D eigenvalue weighted by Gasteiger charge is 2.43. The first-order valence-corrected chi connectivity index (χ1v) is 8.21. The highest BCUT2D eigenvalue weighted by Crippen LogP contribution is 2.51. The van der Waals surface area contributed by atoms with E-state index < -0.39 is 5.97 Å². The number of imidazole rings is 1. The van der Waals surface area contributed by atoms with Crippen LogP contribution in [0, 0.1) is 5.41 Å². The van der Waals surface area contributed by atoms with Crippen molar-refractivity contribution in [3.63, 3.8) is 0 Å². The number of carbonyl (C=O) groups is 2. The summed E-state index contributed by atoms with van der Waals surface area (Å²) < 4.78 is 12.3. The minimum Gasteiger partial charge on any atom is -0.464 e. The zero-order valence-corrected chi connectivity index (χ0v) is 14.9. The molecule has 0 saturated heterocycles. The molecule has 6 nitrogen and oxygen atoms in total. The van der Waals surface area contributed by atoms with Crippen LogP contribution in [0.2, 0.25) is 0 Å². The van der Waals surface area contributed by atoms with Crippen molar-refractivity contribution in [2.24, 2.45) is 5.41 Å². The van der Waals surface area contributed by atoms with Crippen molar-refractivity contribution in [2.75, 3.05) is 7.11 Å². The maximum Gasteiger partial charge on any atom is 0.356 e. The van der Waals surface area contributed by atoms with E-state index in [-0.39, 0.29) is 23.5 Å². The Morgan fingerprint density at radius 3 is 2.56 bits per heavy atom. The smallest absolute Gasteiger partial charge is 0.356 e. The largest absolute Gasteiger partial charge is 0.464 e. The van der Waals surface area contributed by atoms with Gasteiger partial charge >= 0.3 is 11.9 Å². The van der Waals surface area contributed by atoms with Gasteiger partial charge in [-0.3, -0.25) is 4.79 Å². The number of aromatic nitrogens is 2. The summed E-state index contributed by atoms with van der Waals surface area (Å²) in [5, 5.41) is 0. The van der Waals surface area contributed by atoms with Gasteiger partial charge in [0.1, 0.15) is 11.8 Å². The number of esters is 2. The van der Waals surface area contributed by atoms with Gasteiger partial charge in [0, 0.05) is 6.92 Å². The lowest BCUT2D eigenvalue weighted by molar-refractivity contribution is -0.149. The normalized spacial score (nSPS) is 21.3. The van der Waals surface area contributed by atoms with Crippen molar-refractivity contribution < 1.29 is 19.1 Å². The van der Waals surface area contributed by atoms with Gasteiger partial charge in [0.15, 0.2) is 0 Å². The van der Waals surface area contributed by atoms with Crippen LogP contribution in [0.15, 0.2) is 36.8 Å². The first kappa shape index (κ1) is 17.2. The van der Waals surface area contributed by atoms with Crippen LogP contribution in [0.4, 0.5) is 0 Å². The van der Waals surface area contributed by atoms with E-state index in [1.54, 1.807) is 6.33 Å². The molecule has 6 heteroatoms. The molecule has 3 rings (SSSR count). The van der Waals surface area contributed by atoms with Gasteiger partial charge in [-0.25, -0.2) is 9.78 Å². The number of methoxy groups -OCH3 is 1. The Kier molecular flexibility index (Phi) is 4.37. The summed E-state index contributed by atoms with van der Waals surface area (Å²) in [5.74, 6) is -0.722. The predicted molar refractivity (Wildman–Crippen MR) is 91.1 cm³/mol. The number of carbonyl (C=O) groups excluding carboxylic acids is 2. The molecular weight excluding hydrogens is 320 g/mol. The molecule has 1 aromatic heterocycles. The van der Waals surface area contributed by atoms with Gasteiger partial charge in [0.25, 0.3) is 0 Å². The first-order chi connectivity index (χ1) is 11.8. The summed E-state index contributed by atoms with van der Waals surface area (Å²) in [6.45, 7) is 5.63. The van der Waals surface area contributed by atoms with Crippen LogP contribution >= 0.6 is 0 Å². The zero-order valence-electron chi connectivity index (χ0n) is 14.9. The number of benzene rings is 1. The van der Waals surface area contributed by atoms with Gasteiger partial charge in [0.05, 0.1) is 25.7 Å². The monoisotopic (exact) mass is 342 g/mol. The Morgan fingerprint density at radius 1 is 1.24 bits per heavy atom. The van der Waals surface area contributed by atoms with Crippen LogP contribution in [-0.4, -0.2) is 28.6 Å². The number of hydrogen-bond donors (Lipinski definition) is 0. The summed E-state index contributed by atoms with van der Waals surface area (Å²) in [5.41, 5.74) is 2.12. The van der Waals surface area contributed by atoms with Crippen LogP contribution in [0.3, 0.4) is 0 Å². The molecule has 25 heavy (non-hydrogen) atoms. The summed E-state index contributed by atoms with van der Waals surface area (Å²) >= 11 is 0. The molecule has 1 heterocycles. The minimum atomic E-state index is -0.423. The third-order valence-electron chi connectivity index (χ3n) is 4.74. The van der Waals surface area contributed by atoms with Gasteiger partial charge in [-0.2, -0.15) is 0 Å². The van der Waals surface area contributed by atoms with E-state index in [0.717, 1.165) is 11.1 Å². The van der Waals surface area contributed by atoms with Crippen molar-refractivity contribution >= 4 is 11.9 Å². The van der Waals surface area contributed by atoms with Crippen molar-refractivity contribution in [1.29, 1.82) is 0 Å². The van der Waals surface area contributed by atoms with Crippen molar-refractivity contribution in [2.45, 2.75) is 39.3 Å². The van der Waals surface area contributed by atoms with Crippen molar-refractivity contribution in [1.82, 2.24) is 9.55 Å². The number of hydrogen-bond acceptors (Lipinski definition) is 5. The lowest BCUT2D eigenvalue weighted by atomic mass is 9.69. The standard InChI is InChI=1S/C19H22N2O4/c1-12(22)25-16-9-19(2,3)17(14-8-6-5-7-13(14)16)21-11-20-10-15(21)18(23)24-4/h5-8,10-11,16-17H,9H2,1-4H3. The van der Waals surface area contributed by atoms with E-state index in [4.69, 9.17) is 9.47 Å². The molecule has 1 aliphatic rings. The van der Waals surface area contributed by atoms with Crippen molar-refractivity contribution in [3.05, 3.63) is 53.6 Å². The van der Waals surface area contributed by atoms with Gasteiger partial charge in [-0.05, 0) is 23.0 Å². The molecule has 0 bridgehead atoms. The molecule has 2 unspecified atom stereocenters. The average Bonchev–Trinajstić information content (AvgIpc) is 3.02. The number of rotatable bonds is 3. The van der Waals surface area contributed by atoms with Crippen LogP contribution < -0.4 is 0 Å². The molecule has 0 spiro atoms. The van der Waals surface area contributed by atoms with Gasteiger partial charge in [-0.1, -0.05) is 38.1 Å². The molecule has 2 aromatic rings. The molecule has 0 aliphatic heterocycles. The third kappa shape index (κ3) is 3.04. The Hall–Kier alpha value is -2.63. The van der Waals surface area contributed by atoms with E-state index in [1.165, 1.54) is 20.2 Å². The molecule has 1 aromatic carbocycles. The fourth-order valence-corrected chi connectivity index (χ4v) is 3.78. The summed E-state index contributed by atoms with van der Waals surface area (Å²) in [6, 6.07) is 7.75. The second-order valence-electron chi connectivity index (χ2n) is 7.00. The maximum absolute atomic E-state index is 12.1. The molecule has 0 radical (unpaired) electrons. The van der Waals surface area contributed by atoms with E-state index in [0.29, 0.717) is 12.1 Å². The van der Waals surface area contributed by atoms with E-state index in [1.807, 2.05) is 28.8 Å². The Morgan fingerprint density at radius 2 is 1.92 bits per heavy atom. The topological polar surface area (TPSA) is 70.4 Å². The van der Waals surface area contributed by atoms with Gasteiger partial charge in [-0.15, -0.1) is 0 Å². The molecule has 0 fully saturated rings. The Labute approximate surface area is 146 Å². The minimum absolute atomic E-state index is 0.118. The molecular formula is C19H22N2O4. The van der Waals surface area contributed by atoms with E-state index >= 15 is 0 Å². The van der Waals surface area contributed by atoms with Gasteiger partial charge < -0.3 is 14.0 Å². The summed E-state index contributed by atoms with van der Waals surface area (Å²) in [6.07, 6.45) is 3.52.